The third-order valence-electron chi connectivity index (χ3n) is 2.38. The Morgan fingerprint density at radius 2 is 2.15 bits per heavy atom. The fourth-order valence-corrected chi connectivity index (χ4v) is 1.61. The number of amides is 2. The predicted molar refractivity (Wildman–Crippen MR) is 53.6 cm³/mol. The number of likely N-dealkylation sites (N-methyl/N-ethyl adjacent to an activating group) is 1. The normalized spacial score (nSPS) is 15.9. The molecule has 1 saturated heterocycles. The highest BCUT2D eigenvalue weighted by Crippen LogP contribution is 2.10. The molecule has 3 heteroatoms. The highest BCUT2D eigenvalue weighted by atomic mass is 16.2. The second-order valence-corrected chi connectivity index (χ2v) is 3.30. The van der Waals surface area contributed by atoms with Crippen LogP contribution in [-0.2, 0) is 0 Å². The topological polar surface area (TPSA) is 23.6 Å². The van der Waals surface area contributed by atoms with Crippen LogP contribution in [-0.4, -0.2) is 42.0 Å². The number of hydrogen-bond acceptors (Lipinski definition) is 1. The number of nitrogens with zero attached hydrogens (tertiary/aromatic N) is 2. The lowest BCUT2D eigenvalue weighted by atomic mass is 10.4. The lowest BCUT2D eigenvalue weighted by Crippen LogP contribution is -2.41. The van der Waals surface area contributed by atoms with Crippen molar-refractivity contribution in [2.45, 2.75) is 19.8 Å². The molecule has 13 heavy (non-hydrogen) atoms. The minimum absolute atomic E-state index is 0.167. The van der Waals surface area contributed by atoms with Crippen molar-refractivity contribution in [3.63, 3.8) is 0 Å². The zero-order valence-electron chi connectivity index (χ0n) is 8.33. The highest BCUT2D eigenvalue weighted by Gasteiger charge is 2.21. The van der Waals surface area contributed by atoms with Gasteiger partial charge in [-0.25, -0.2) is 4.79 Å². The molecule has 0 N–H and O–H groups in total. The molecule has 0 saturated carbocycles. The van der Waals surface area contributed by atoms with Gasteiger partial charge in [-0.15, -0.1) is 6.58 Å². The summed E-state index contributed by atoms with van der Waals surface area (Å²) in [7, 11) is 0. The summed E-state index contributed by atoms with van der Waals surface area (Å²) in [6.07, 6.45) is 4.08. The van der Waals surface area contributed by atoms with Gasteiger partial charge in [-0.05, 0) is 19.8 Å². The largest absolute Gasteiger partial charge is 0.325 e. The van der Waals surface area contributed by atoms with Crippen LogP contribution >= 0.6 is 0 Å². The molecule has 0 unspecified atom stereocenters. The van der Waals surface area contributed by atoms with Crippen molar-refractivity contribution in [2.75, 3.05) is 26.2 Å². The molecular formula is C10H18N2O. The van der Waals surface area contributed by atoms with E-state index in [1.165, 1.54) is 0 Å². The van der Waals surface area contributed by atoms with Crippen molar-refractivity contribution in [2.24, 2.45) is 0 Å². The molecule has 0 aromatic heterocycles. The number of carbonyl (C=O) groups excluding carboxylic acids is 1. The Labute approximate surface area is 80.0 Å². The van der Waals surface area contributed by atoms with E-state index in [4.69, 9.17) is 0 Å². The second-order valence-electron chi connectivity index (χ2n) is 3.30. The van der Waals surface area contributed by atoms with E-state index >= 15 is 0 Å². The monoisotopic (exact) mass is 182 g/mol. The average molecular weight is 182 g/mol. The summed E-state index contributed by atoms with van der Waals surface area (Å²) >= 11 is 0. The third-order valence-corrected chi connectivity index (χ3v) is 2.38. The van der Waals surface area contributed by atoms with Crippen LogP contribution in [0.3, 0.4) is 0 Å². The summed E-state index contributed by atoms with van der Waals surface area (Å²) in [5.74, 6) is 0. The van der Waals surface area contributed by atoms with Crippen molar-refractivity contribution >= 4 is 6.03 Å². The number of carbonyl (C=O) groups is 1. The maximum absolute atomic E-state index is 11.8. The lowest BCUT2D eigenvalue weighted by Gasteiger charge is -2.25. The van der Waals surface area contributed by atoms with Gasteiger partial charge in [0.25, 0.3) is 0 Å². The SMILES string of the molecule is C=CCN(CC)C(=O)N1CCCC1. The molecule has 74 valence electrons. The van der Waals surface area contributed by atoms with Crippen LogP contribution in [0.1, 0.15) is 19.8 Å². The summed E-state index contributed by atoms with van der Waals surface area (Å²) in [5, 5.41) is 0. The van der Waals surface area contributed by atoms with E-state index in [2.05, 4.69) is 6.58 Å². The van der Waals surface area contributed by atoms with E-state index in [1.54, 1.807) is 6.08 Å². The smallest absolute Gasteiger partial charge is 0.320 e. The van der Waals surface area contributed by atoms with Gasteiger partial charge in [0.2, 0.25) is 0 Å². The van der Waals surface area contributed by atoms with Gasteiger partial charge in [-0.3, -0.25) is 0 Å². The zero-order valence-corrected chi connectivity index (χ0v) is 8.33. The molecule has 3 nitrogen and oxygen atoms in total. The fourth-order valence-electron chi connectivity index (χ4n) is 1.61. The molecule has 2 amide bonds. The molecule has 1 aliphatic rings. The van der Waals surface area contributed by atoms with Crippen molar-refractivity contribution in [1.29, 1.82) is 0 Å². The van der Waals surface area contributed by atoms with Gasteiger partial charge >= 0.3 is 6.03 Å². The second kappa shape index (κ2) is 4.90. The molecule has 0 aromatic carbocycles. The van der Waals surface area contributed by atoms with E-state index in [0.717, 1.165) is 32.5 Å². The van der Waals surface area contributed by atoms with Crippen LogP contribution in [0.15, 0.2) is 12.7 Å². The predicted octanol–water partition coefficient (Wildman–Crippen LogP) is 1.71. The fraction of sp³-hybridized carbons (Fsp3) is 0.700. The molecule has 0 bridgehead atoms. The number of hydrogen-bond donors (Lipinski definition) is 0. The van der Waals surface area contributed by atoms with Crippen LogP contribution in [0, 0.1) is 0 Å². The summed E-state index contributed by atoms with van der Waals surface area (Å²) in [5.41, 5.74) is 0. The summed E-state index contributed by atoms with van der Waals surface area (Å²) < 4.78 is 0. The number of likely N-dealkylation sites (tertiary alicyclic amines) is 1. The zero-order chi connectivity index (χ0) is 9.68. The molecule has 0 spiro atoms. The Morgan fingerprint density at radius 1 is 1.54 bits per heavy atom. The molecule has 0 atom stereocenters. The summed E-state index contributed by atoms with van der Waals surface area (Å²) in [4.78, 5) is 15.5. The standard InChI is InChI=1S/C10H18N2O/c1-3-7-11(4-2)10(13)12-8-5-6-9-12/h3H,1,4-9H2,2H3. The Bertz CT molecular complexity index is 185. The molecular weight excluding hydrogens is 164 g/mol. The van der Waals surface area contributed by atoms with Gasteiger partial charge in [-0.1, -0.05) is 6.08 Å². The molecule has 0 aromatic rings. The van der Waals surface area contributed by atoms with E-state index < -0.39 is 0 Å². The van der Waals surface area contributed by atoms with Crippen molar-refractivity contribution in [3.8, 4) is 0 Å². The minimum atomic E-state index is 0.167. The van der Waals surface area contributed by atoms with Gasteiger partial charge in [0.15, 0.2) is 0 Å². The van der Waals surface area contributed by atoms with Crippen LogP contribution in [0.4, 0.5) is 4.79 Å². The van der Waals surface area contributed by atoms with Gasteiger partial charge < -0.3 is 9.80 Å². The summed E-state index contributed by atoms with van der Waals surface area (Å²) in [6.45, 7) is 8.91. The van der Waals surface area contributed by atoms with E-state index in [9.17, 15) is 4.79 Å². The third kappa shape index (κ3) is 2.47. The van der Waals surface area contributed by atoms with Crippen LogP contribution in [0.25, 0.3) is 0 Å². The van der Waals surface area contributed by atoms with Gasteiger partial charge in [0.05, 0.1) is 0 Å². The molecule has 1 fully saturated rings. The van der Waals surface area contributed by atoms with Crippen LogP contribution in [0.2, 0.25) is 0 Å². The Kier molecular flexibility index (Phi) is 3.80. The van der Waals surface area contributed by atoms with Gasteiger partial charge in [0.1, 0.15) is 0 Å². The van der Waals surface area contributed by atoms with E-state index in [0.29, 0.717) is 6.54 Å². The quantitative estimate of drug-likeness (QED) is 0.609. The molecule has 1 rings (SSSR count). The number of rotatable bonds is 3. The first-order valence-electron chi connectivity index (χ1n) is 4.94. The van der Waals surface area contributed by atoms with Gasteiger partial charge in [-0.2, -0.15) is 0 Å². The van der Waals surface area contributed by atoms with Crippen molar-refractivity contribution in [3.05, 3.63) is 12.7 Å². The first-order valence-corrected chi connectivity index (χ1v) is 4.94. The number of urea groups is 1. The van der Waals surface area contributed by atoms with Crippen molar-refractivity contribution < 1.29 is 4.79 Å². The molecule has 1 heterocycles. The molecule has 0 radical (unpaired) electrons. The Balaban J connectivity index is 2.46. The van der Waals surface area contributed by atoms with Crippen LogP contribution in [0.5, 0.6) is 0 Å². The van der Waals surface area contributed by atoms with Crippen LogP contribution < -0.4 is 0 Å². The van der Waals surface area contributed by atoms with E-state index in [-0.39, 0.29) is 6.03 Å². The Morgan fingerprint density at radius 3 is 2.62 bits per heavy atom. The Hall–Kier alpha value is -0.990. The lowest BCUT2D eigenvalue weighted by molar-refractivity contribution is 0.170. The minimum Gasteiger partial charge on any atom is -0.325 e. The first-order chi connectivity index (χ1) is 6.29. The maximum atomic E-state index is 11.8. The molecule has 0 aliphatic carbocycles. The first kappa shape index (κ1) is 10.1. The molecule has 1 aliphatic heterocycles. The maximum Gasteiger partial charge on any atom is 0.320 e. The van der Waals surface area contributed by atoms with Crippen molar-refractivity contribution in [1.82, 2.24) is 9.80 Å². The summed E-state index contributed by atoms with van der Waals surface area (Å²) in [6, 6.07) is 0.167. The van der Waals surface area contributed by atoms with E-state index in [1.807, 2.05) is 16.7 Å². The van der Waals surface area contributed by atoms with Gasteiger partial charge in [0, 0.05) is 26.2 Å². The highest BCUT2D eigenvalue weighted by molar-refractivity contribution is 5.74. The average Bonchev–Trinajstić information content (AvgIpc) is 2.65.